The first kappa shape index (κ1) is 21.1. The number of hydrogen-bond donors (Lipinski definition) is 0. The minimum Gasteiger partial charge on any atom is -0.309 e. The van der Waals surface area contributed by atoms with Gasteiger partial charge in [0.05, 0.1) is 23.3 Å². The summed E-state index contributed by atoms with van der Waals surface area (Å²) in [6, 6.07) is 41.5. The highest BCUT2D eigenvalue weighted by Gasteiger charge is 2.17. The van der Waals surface area contributed by atoms with Crippen molar-refractivity contribution < 1.29 is 0 Å². The Kier molecular flexibility index (Phi) is 5.27. The highest BCUT2D eigenvalue weighted by molar-refractivity contribution is 6.11. The number of hydrogen-bond acceptors (Lipinski definition) is 1. The van der Waals surface area contributed by atoms with Crippen molar-refractivity contribution in [2.45, 2.75) is 13.5 Å². The zero-order chi connectivity index (χ0) is 23.8. The molecule has 0 saturated carbocycles. The third kappa shape index (κ3) is 3.74. The Morgan fingerprint density at radius 2 is 1.34 bits per heavy atom. The van der Waals surface area contributed by atoms with Crippen LogP contribution in [0.2, 0.25) is 0 Å². The van der Waals surface area contributed by atoms with E-state index in [4.69, 9.17) is 0 Å². The first-order chi connectivity index (χ1) is 17.2. The van der Waals surface area contributed by atoms with E-state index in [0.717, 1.165) is 11.3 Å². The molecule has 0 amide bonds. The topological polar surface area (TPSA) is 17.3 Å². The molecule has 0 bridgehead atoms. The van der Waals surface area contributed by atoms with Crippen LogP contribution >= 0.6 is 0 Å². The fourth-order valence-electron chi connectivity index (χ4n) is 5.01. The Hall–Kier alpha value is -4.43. The third-order valence-electron chi connectivity index (χ3n) is 6.74. The van der Waals surface area contributed by atoms with Crippen LogP contribution in [0.15, 0.2) is 120 Å². The Morgan fingerprint density at radius 3 is 2.14 bits per heavy atom. The molecule has 0 saturated heterocycles. The lowest BCUT2D eigenvalue weighted by molar-refractivity contribution is 1.07. The minimum atomic E-state index is 0.594. The summed E-state index contributed by atoms with van der Waals surface area (Å²) in [6.07, 6.45) is 0. The van der Waals surface area contributed by atoms with Gasteiger partial charge in [0.15, 0.2) is 0 Å². The SMILES string of the molecule is C=NCc1ccc(-c2ccc(C)cc2)c(-n2c3ccccc3c3cc(-c4ccccc4)ccc32)c1. The van der Waals surface area contributed by atoms with E-state index in [1.807, 2.05) is 0 Å². The number of aliphatic imine (C=N–C) groups is 1. The minimum absolute atomic E-state index is 0.594. The maximum absolute atomic E-state index is 4.15. The van der Waals surface area contributed by atoms with Gasteiger partial charge < -0.3 is 4.57 Å². The molecule has 0 N–H and O–H groups in total. The molecule has 0 aliphatic heterocycles. The van der Waals surface area contributed by atoms with Crippen molar-refractivity contribution in [3.63, 3.8) is 0 Å². The van der Waals surface area contributed by atoms with Gasteiger partial charge in [-0.3, -0.25) is 4.99 Å². The van der Waals surface area contributed by atoms with Crippen molar-refractivity contribution in [2.24, 2.45) is 4.99 Å². The normalized spacial score (nSPS) is 11.2. The Bertz CT molecular complexity index is 1670. The molecular weight excluding hydrogens is 424 g/mol. The average molecular weight is 451 g/mol. The fraction of sp³-hybridized carbons (Fsp3) is 0.0606. The third-order valence-corrected chi connectivity index (χ3v) is 6.74. The Balaban J connectivity index is 1.66. The summed E-state index contributed by atoms with van der Waals surface area (Å²) in [6.45, 7) is 6.44. The van der Waals surface area contributed by atoms with E-state index in [0.29, 0.717) is 6.54 Å². The molecule has 2 nitrogen and oxygen atoms in total. The molecule has 1 aromatic heterocycles. The van der Waals surface area contributed by atoms with E-state index in [9.17, 15) is 0 Å². The highest BCUT2D eigenvalue weighted by Crippen LogP contribution is 2.38. The molecule has 0 unspecified atom stereocenters. The number of benzene rings is 5. The lowest BCUT2D eigenvalue weighted by Crippen LogP contribution is -1.99. The largest absolute Gasteiger partial charge is 0.309 e. The standard InChI is InChI=1S/C33H26N2/c1-23-12-15-26(16-13-23)28-18-14-24(22-34-2)20-33(28)35-31-11-7-6-10-29(31)30-21-27(17-19-32(30)35)25-8-4-3-5-9-25/h3-21H,2,22H2,1H3. The lowest BCUT2D eigenvalue weighted by atomic mass is 10.00. The molecule has 0 spiro atoms. The van der Waals surface area contributed by atoms with Gasteiger partial charge in [-0.1, -0.05) is 96.6 Å². The maximum atomic E-state index is 4.15. The van der Waals surface area contributed by atoms with E-state index in [1.165, 1.54) is 49.6 Å². The lowest BCUT2D eigenvalue weighted by Gasteiger charge is -2.16. The molecule has 168 valence electrons. The van der Waals surface area contributed by atoms with E-state index in [1.54, 1.807) is 0 Å². The van der Waals surface area contributed by atoms with Crippen LogP contribution in [0.4, 0.5) is 0 Å². The van der Waals surface area contributed by atoms with Gasteiger partial charge in [-0.15, -0.1) is 0 Å². The van der Waals surface area contributed by atoms with Gasteiger partial charge in [0.2, 0.25) is 0 Å². The van der Waals surface area contributed by atoms with Crippen molar-refractivity contribution in [3.05, 3.63) is 126 Å². The highest BCUT2D eigenvalue weighted by atomic mass is 15.0. The fourth-order valence-corrected chi connectivity index (χ4v) is 5.01. The van der Waals surface area contributed by atoms with Crippen molar-refractivity contribution in [1.82, 2.24) is 4.57 Å². The number of nitrogens with zero attached hydrogens (tertiary/aromatic N) is 2. The molecule has 0 radical (unpaired) electrons. The van der Waals surface area contributed by atoms with E-state index < -0.39 is 0 Å². The smallest absolute Gasteiger partial charge is 0.0633 e. The molecule has 0 fully saturated rings. The van der Waals surface area contributed by atoms with Crippen molar-refractivity contribution in [3.8, 4) is 27.9 Å². The van der Waals surface area contributed by atoms with Gasteiger partial charge in [-0.25, -0.2) is 0 Å². The van der Waals surface area contributed by atoms with Gasteiger partial charge >= 0.3 is 0 Å². The maximum Gasteiger partial charge on any atom is 0.0633 e. The molecule has 6 rings (SSSR count). The summed E-state index contributed by atoms with van der Waals surface area (Å²) in [4.78, 5) is 4.15. The number of aryl methyl sites for hydroxylation is 1. The van der Waals surface area contributed by atoms with E-state index in [-0.39, 0.29) is 0 Å². The summed E-state index contributed by atoms with van der Waals surface area (Å²) in [5.41, 5.74) is 10.8. The van der Waals surface area contributed by atoms with Crippen LogP contribution < -0.4 is 0 Å². The van der Waals surface area contributed by atoms with Crippen LogP contribution in [0.3, 0.4) is 0 Å². The molecule has 5 aromatic carbocycles. The summed E-state index contributed by atoms with van der Waals surface area (Å²) in [5.74, 6) is 0. The molecular formula is C33H26N2. The van der Waals surface area contributed by atoms with Crippen molar-refractivity contribution in [1.29, 1.82) is 0 Å². The van der Waals surface area contributed by atoms with Crippen molar-refractivity contribution >= 4 is 28.5 Å². The summed E-state index contributed by atoms with van der Waals surface area (Å²) in [5, 5.41) is 2.51. The monoisotopic (exact) mass is 450 g/mol. The molecule has 2 heteroatoms. The van der Waals surface area contributed by atoms with Gasteiger partial charge in [0.25, 0.3) is 0 Å². The Labute approximate surface area is 205 Å². The number of aromatic nitrogens is 1. The quantitative estimate of drug-likeness (QED) is 0.234. The van der Waals surface area contributed by atoms with Gasteiger partial charge in [0.1, 0.15) is 0 Å². The number of rotatable bonds is 5. The first-order valence-corrected chi connectivity index (χ1v) is 11.9. The first-order valence-electron chi connectivity index (χ1n) is 11.9. The van der Waals surface area contributed by atoms with E-state index in [2.05, 4.69) is 138 Å². The molecule has 0 aliphatic carbocycles. The van der Waals surface area contributed by atoms with Crippen LogP contribution in [0, 0.1) is 6.92 Å². The summed E-state index contributed by atoms with van der Waals surface area (Å²) < 4.78 is 2.40. The van der Waals surface area contributed by atoms with Crippen molar-refractivity contribution in [2.75, 3.05) is 0 Å². The second-order valence-corrected chi connectivity index (χ2v) is 9.05. The second kappa shape index (κ2) is 8.73. The van der Waals surface area contributed by atoms with Crippen LogP contribution in [-0.2, 0) is 6.54 Å². The molecule has 1 heterocycles. The Morgan fingerprint density at radius 1 is 0.629 bits per heavy atom. The van der Waals surface area contributed by atoms with Crippen LogP contribution in [-0.4, -0.2) is 11.3 Å². The summed E-state index contributed by atoms with van der Waals surface area (Å²) >= 11 is 0. The predicted octanol–water partition coefficient (Wildman–Crippen LogP) is 8.63. The molecule has 0 aliphatic rings. The van der Waals surface area contributed by atoms with Gasteiger partial charge in [-0.2, -0.15) is 0 Å². The molecule has 6 aromatic rings. The van der Waals surface area contributed by atoms with Gasteiger partial charge in [-0.05, 0) is 60.2 Å². The van der Waals surface area contributed by atoms with Gasteiger partial charge in [0, 0.05) is 16.3 Å². The molecule has 0 atom stereocenters. The van der Waals surface area contributed by atoms with Crippen LogP contribution in [0.25, 0.3) is 49.7 Å². The van der Waals surface area contributed by atoms with E-state index >= 15 is 0 Å². The zero-order valence-corrected chi connectivity index (χ0v) is 19.8. The average Bonchev–Trinajstić information content (AvgIpc) is 3.23. The number of para-hydroxylation sites is 1. The summed E-state index contributed by atoms with van der Waals surface area (Å²) in [7, 11) is 0. The second-order valence-electron chi connectivity index (χ2n) is 9.05. The predicted molar refractivity (Wildman–Crippen MR) is 150 cm³/mol. The van der Waals surface area contributed by atoms with Crippen LogP contribution in [0.1, 0.15) is 11.1 Å². The number of fused-ring (bicyclic) bond motifs is 3. The zero-order valence-electron chi connectivity index (χ0n) is 19.8. The van der Waals surface area contributed by atoms with Crippen LogP contribution in [0.5, 0.6) is 0 Å². The molecule has 35 heavy (non-hydrogen) atoms.